The number of hydrogen-bond donors (Lipinski definition) is 0. The van der Waals surface area contributed by atoms with Crippen molar-refractivity contribution in [3.8, 4) is 5.75 Å². The number of benzene rings is 3. The van der Waals surface area contributed by atoms with Crippen molar-refractivity contribution < 1.29 is 4.74 Å². The highest BCUT2D eigenvalue weighted by molar-refractivity contribution is 5.80. The summed E-state index contributed by atoms with van der Waals surface area (Å²) in [4.78, 5) is 2.11. The van der Waals surface area contributed by atoms with Gasteiger partial charge in [-0.15, -0.1) is 0 Å². The van der Waals surface area contributed by atoms with Crippen LogP contribution in [0.5, 0.6) is 5.75 Å². The van der Waals surface area contributed by atoms with Gasteiger partial charge in [-0.2, -0.15) is 0 Å². The van der Waals surface area contributed by atoms with E-state index >= 15 is 0 Å². The first-order valence-electron chi connectivity index (χ1n) is 11.9. The second-order valence-electron chi connectivity index (χ2n) is 8.44. The minimum atomic E-state index is 0.782. The van der Waals surface area contributed by atoms with Crippen molar-refractivity contribution >= 4 is 28.8 Å². The van der Waals surface area contributed by atoms with Crippen molar-refractivity contribution in [3.05, 3.63) is 145 Å². The molecule has 0 saturated heterocycles. The van der Waals surface area contributed by atoms with Crippen molar-refractivity contribution in [2.45, 2.75) is 20.3 Å². The Balaban J connectivity index is 1.67. The molecule has 1 heterocycles. The number of aryl methyl sites for hydroxylation is 1. The summed E-state index contributed by atoms with van der Waals surface area (Å²) in [5.41, 5.74) is 8.21. The van der Waals surface area contributed by atoms with Crippen LogP contribution in [0.3, 0.4) is 0 Å². The van der Waals surface area contributed by atoms with E-state index in [1.54, 1.807) is 6.08 Å². The fourth-order valence-corrected chi connectivity index (χ4v) is 4.05. The lowest BCUT2D eigenvalue weighted by atomic mass is 10.0. The average Bonchev–Trinajstić information content (AvgIpc) is 2.87. The molecule has 0 atom stereocenters. The summed E-state index contributed by atoms with van der Waals surface area (Å²) in [5, 5.41) is 0. The minimum absolute atomic E-state index is 0.782. The highest BCUT2D eigenvalue weighted by atomic mass is 16.5. The molecule has 0 amide bonds. The molecule has 3 aromatic rings. The Morgan fingerprint density at radius 1 is 1.00 bits per heavy atom. The van der Waals surface area contributed by atoms with E-state index in [1.807, 2.05) is 42.5 Å². The van der Waals surface area contributed by atoms with Gasteiger partial charge in [0.2, 0.25) is 0 Å². The summed E-state index contributed by atoms with van der Waals surface area (Å²) in [7, 11) is 0. The van der Waals surface area contributed by atoms with E-state index in [0.29, 0.717) is 0 Å². The summed E-state index contributed by atoms with van der Waals surface area (Å²) in [6, 6.07) is 22.7. The summed E-state index contributed by atoms with van der Waals surface area (Å²) < 4.78 is 6.30. The molecule has 2 nitrogen and oxygen atoms in total. The summed E-state index contributed by atoms with van der Waals surface area (Å²) in [6.45, 7) is 16.6. The van der Waals surface area contributed by atoms with E-state index < -0.39 is 0 Å². The number of rotatable bonds is 7. The normalized spacial score (nSPS) is 15.3. The molecule has 0 bridgehead atoms. The van der Waals surface area contributed by atoms with Gasteiger partial charge in [0.1, 0.15) is 11.5 Å². The van der Waals surface area contributed by atoms with Gasteiger partial charge in [-0.3, -0.25) is 0 Å². The van der Waals surface area contributed by atoms with Crippen LogP contribution in [0.25, 0.3) is 17.4 Å². The average molecular weight is 458 g/mol. The summed E-state index contributed by atoms with van der Waals surface area (Å²) in [5.74, 6) is 1.58. The maximum atomic E-state index is 6.30. The summed E-state index contributed by atoms with van der Waals surface area (Å²) in [6.07, 6.45) is 13.1. The molecule has 174 valence electrons. The lowest BCUT2D eigenvalue weighted by Gasteiger charge is -2.26. The van der Waals surface area contributed by atoms with Crippen molar-refractivity contribution in [3.63, 3.8) is 0 Å². The molecule has 2 heteroatoms. The Hall–Kier alpha value is -4.30. The highest BCUT2D eigenvalue weighted by Crippen LogP contribution is 2.34. The van der Waals surface area contributed by atoms with Crippen LogP contribution in [0.15, 0.2) is 123 Å². The van der Waals surface area contributed by atoms with E-state index in [2.05, 4.69) is 93.1 Å². The van der Waals surface area contributed by atoms with Gasteiger partial charge >= 0.3 is 0 Å². The molecular formula is C33H31NO. The fraction of sp³-hybridized carbons (Fsp3) is 0.0909. The monoisotopic (exact) mass is 457 g/mol. The first-order chi connectivity index (χ1) is 17.0. The van der Waals surface area contributed by atoms with Crippen LogP contribution in [0.1, 0.15) is 35.6 Å². The lowest BCUT2D eigenvalue weighted by Crippen LogP contribution is -2.14. The molecule has 0 saturated carbocycles. The third-order valence-corrected chi connectivity index (χ3v) is 5.98. The number of nitrogens with zero attached hydrogens (tertiary/aromatic N) is 1. The molecule has 35 heavy (non-hydrogen) atoms. The fourth-order valence-electron chi connectivity index (χ4n) is 4.05. The summed E-state index contributed by atoms with van der Waals surface area (Å²) >= 11 is 0. The van der Waals surface area contributed by atoms with E-state index in [9.17, 15) is 0 Å². The zero-order chi connectivity index (χ0) is 24.8. The first-order valence-corrected chi connectivity index (χ1v) is 11.9. The van der Waals surface area contributed by atoms with Gasteiger partial charge in [0, 0.05) is 28.2 Å². The Morgan fingerprint density at radius 3 is 2.46 bits per heavy atom. The Morgan fingerprint density at radius 2 is 1.74 bits per heavy atom. The number of fused-ring (bicyclic) bond motifs is 1. The van der Waals surface area contributed by atoms with Gasteiger partial charge in [-0.25, -0.2) is 0 Å². The molecule has 0 aliphatic carbocycles. The quantitative estimate of drug-likeness (QED) is 0.328. The number of anilines is 2. The van der Waals surface area contributed by atoms with Crippen molar-refractivity contribution in [2.75, 3.05) is 4.90 Å². The molecule has 0 fully saturated rings. The SMILES string of the molecule is C=CC(=C)N(c1ccc(/C2=C/C=C\C(=C)c3ccccc3O2)cc1)c1ccc(/C=C\CC)c(C)c1. The van der Waals surface area contributed by atoms with Crippen molar-refractivity contribution in [1.29, 1.82) is 0 Å². The second-order valence-corrected chi connectivity index (χ2v) is 8.44. The zero-order valence-electron chi connectivity index (χ0n) is 20.5. The Bertz CT molecular complexity index is 1350. The highest BCUT2D eigenvalue weighted by Gasteiger charge is 2.15. The van der Waals surface area contributed by atoms with Gasteiger partial charge in [-0.05, 0) is 84.7 Å². The number of para-hydroxylation sites is 1. The zero-order valence-corrected chi connectivity index (χ0v) is 20.5. The standard InChI is InChI=1S/C33H31NO/c1-6-8-13-27-17-22-30(23-25(27)4)34(26(5)7-2)29-20-18-28(19-21-29)32-16-11-12-24(3)31-14-9-10-15-33(31)35-32/h7-23H,2-3,5-6H2,1,4H3/b12-11-,13-8-,32-16-. The third kappa shape index (κ3) is 5.28. The van der Waals surface area contributed by atoms with Crippen LogP contribution in [-0.4, -0.2) is 0 Å². The molecular weight excluding hydrogens is 426 g/mol. The van der Waals surface area contributed by atoms with Gasteiger partial charge in [0.15, 0.2) is 0 Å². The lowest BCUT2D eigenvalue weighted by molar-refractivity contribution is 0.513. The Labute approximate surface area is 209 Å². The smallest absolute Gasteiger partial charge is 0.135 e. The molecule has 4 rings (SSSR count). The molecule has 1 aliphatic rings. The third-order valence-electron chi connectivity index (χ3n) is 5.98. The van der Waals surface area contributed by atoms with E-state index in [4.69, 9.17) is 4.74 Å². The van der Waals surface area contributed by atoms with Gasteiger partial charge in [0.25, 0.3) is 0 Å². The van der Waals surface area contributed by atoms with Gasteiger partial charge in [-0.1, -0.05) is 75.2 Å². The maximum absolute atomic E-state index is 6.30. The van der Waals surface area contributed by atoms with Crippen LogP contribution in [0.2, 0.25) is 0 Å². The van der Waals surface area contributed by atoms with Crippen molar-refractivity contribution in [2.24, 2.45) is 0 Å². The van der Waals surface area contributed by atoms with E-state index in [1.165, 1.54) is 11.1 Å². The van der Waals surface area contributed by atoms with Crippen LogP contribution in [-0.2, 0) is 0 Å². The maximum Gasteiger partial charge on any atom is 0.135 e. The number of hydrogen-bond acceptors (Lipinski definition) is 2. The molecule has 0 aromatic heterocycles. The van der Waals surface area contributed by atoms with Crippen LogP contribution in [0.4, 0.5) is 11.4 Å². The number of ether oxygens (including phenoxy) is 1. The van der Waals surface area contributed by atoms with E-state index in [0.717, 1.165) is 51.7 Å². The number of allylic oxidation sites excluding steroid dienone is 6. The second kappa shape index (κ2) is 10.8. The van der Waals surface area contributed by atoms with Crippen LogP contribution < -0.4 is 9.64 Å². The van der Waals surface area contributed by atoms with Crippen LogP contribution >= 0.6 is 0 Å². The van der Waals surface area contributed by atoms with Crippen LogP contribution in [0, 0.1) is 6.92 Å². The first kappa shape index (κ1) is 23.8. The molecule has 0 N–H and O–H groups in total. The van der Waals surface area contributed by atoms with Gasteiger partial charge < -0.3 is 9.64 Å². The predicted octanol–water partition coefficient (Wildman–Crippen LogP) is 9.26. The van der Waals surface area contributed by atoms with Crippen molar-refractivity contribution in [1.82, 2.24) is 0 Å². The molecule has 0 radical (unpaired) electrons. The largest absolute Gasteiger partial charge is 0.456 e. The molecule has 0 spiro atoms. The predicted molar refractivity (Wildman–Crippen MR) is 152 cm³/mol. The molecule has 0 unspecified atom stereocenters. The van der Waals surface area contributed by atoms with Gasteiger partial charge in [0.05, 0.1) is 0 Å². The molecule has 1 aliphatic heterocycles. The molecule has 3 aromatic carbocycles. The Kier molecular flexibility index (Phi) is 7.32. The van der Waals surface area contributed by atoms with E-state index in [-0.39, 0.29) is 0 Å². The minimum Gasteiger partial charge on any atom is -0.456 e. The topological polar surface area (TPSA) is 12.5 Å².